The van der Waals surface area contributed by atoms with Crippen molar-refractivity contribution >= 4 is 13.8 Å². The molecule has 0 spiro atoms. The number of rotatable bonds is 8. The average Bonchev–Trinajstić information content (AvgIpc) is 2.45. The Labute approximate surface area is 131 Å². The van der Waals surface area contributed by atoms with Gasteiger partial charge in [-0.3, -0.25) is 4.52 Å². The van der Waals surface area contributed by atoms with Gasteiger partial charge < -0.3 is 39.7 Å². The number of carboxylic acid groups (broad SMARTS) is 1. The maximum Gasteiger partial charge on any atom is 0.469 e. The molecule has 0 amide bonds. The zero-order valence-corrected chi connectivity index (χ0v) is 12.8. The van der Waals surface area contributed by atoms with Crippen molar-refractivity contribution < 1.29 is 53.6 Å². The molecule has 1 aliphatic rings. The predicted octanol–water partition coefficient (Wildman–Crippen LogP) is -2.05. The maximum absolute atomic E-state index is 11.5. The Kier molecular flexibility index (Phi) is 6.83. The normalized spacial score (nSPS) is 33.2. The Bertz CT molecular complexity index is 477. The van der Waals surface area contributed by atoms with Gasteiger partial charge in [-0.25, -0.2) is 9.36 Å². The van der Waals surface area contributed by atoms with Crippen LogP contribution in [0.3, 0.4) is 0 Å². The number of phosphoric ester groups is 1. The van der Waals surface area contributed by atoms with Gasteiger partial charge in [-0.1, -0.05) is 6.08 Å². The van der Waals surface area contributed by atoms with Crippen molar-refractivity contribution in [2.45, 2.75) is 36.6 Å². The van der Waals surface area contributed by atoms with E-state index in [0.717, 1.165) is 0 Å². The lowest BCUT2D eigenvalue weighted by Crippen LogP contribution is -2.63. The molecule has 1 aliphatic heterocycles. The molecule has 1 unspecified atom stereocenters. The molecule has 0 aliphatic carbocycles. The highest BCUT2D eigenvalue weighted by molar-refractivity contribution is 7.46. The summed E-state index contributed by atoms with van der Waals surface area (Å²) in [6, 6.07) is 0. The number of aliphatic hydroxyl groups excluding tert-OH is 3. The Morgan fingerprint density at radius 3 is 2.57 bits per heavy atom. The molecule has 0 aromatic carbocycles. The number of aliphatic hydroxyl groups is 3. The molecule has 0 radical (unpaired) electrons. The van der Waals surface area contributed by atoms with Crippen molar-refractivity contribution in [2.24, 2.45) is 0 Å². The summed E-state index contributed by atoms with van der Waals surface area (Å²) in [5.41, 5.74) is 0. The van der Waals surface area contributed by atoms with Crippen LogP contribution >= 0.6 is 7.82 Å². The highest BCUT2D eigenvalue weighted by atomic mass is 31.2. The second kappa shape index (κ2) is 7.79. The van der Waals surface area contributed by atoms with Gasteiger partial charge >= 0.3 is 13.8 Å². The molecule has 0 bridgehead atoms. The van der Waals surface area contributed by atoms with Gasteiger partial charge in [0, 0.05) is 6.42 Å². The Morgan fingerprint density at radius 1 is 1.52 bits per heavy atom. The first-order chi connectivity index (χ1) is 10.6. The standard InChI is InChI=1S/C11H19O11P/c1-2-3-20-11(10(15)16)4-7(22-23(17,18)19)8(14)9(21-11)6(13)5-12/h2,6-9,12-14H,1,3-5H2,(H,15,16)(H2,17,18,19)/t6?,7-,8-,9-,11+/m1/s1. The first-order valence-electron chi connectivity index (χ1n) is 6.43. The third kappa shape index (κ3) is 5.05. The molecule has 5 atom stereocenters. The van der Waals surface area contributed by atoms with Crippen LogP contribution in [0.1, 0.15) is 6.42 Å². The molecule has 0 aromatic heterocycles. The monoisotopic (exact) mass is 358 g/mol. The van der Waals surface area contributed by atoms with Crippen LogP contribution in [0.15, 0.2) is 12.7 Å². The van der Waals surface area contributed by atoms with Gasteiger partial charge in [0.05, 0.1) is 13.2 Å². The van der Waals surface area contributed by atoms with E-state index in [1.165, 1.54) is 6.08 Å². The van der Waals surface area contributed by atoms with Crippen LogP contribution in [0.4, 0.5) is 0 Å². The fraction of sp³-hybridized carbons (Fsp3) is 0.727. The number of ether oxygens (including phenoxy) is 2. The Balaban J connectivity index is 3.18. The predicted molar refractivity (Wildman–Crippen MR) is 72.0 cm³/mol. The highest BCUT2D eigenvalue weighted by Crippen LogP contribution is 2.44. The lowest BCUT2D eigenvalue weighted by Gasteiger charge is -2.44. The lowest BCUT2D eigenvalue weighted by atomic mass is 9.92. The van der Waals surface area contributed by atoms with Crippen LogP contribution in [0, 0.1) is 0 Å². The molecule has 0 aromatic rings. The summed E-state index contributed by atoms with van der Waals surface area (Å²) in [5.74, 6) is -4.12. The zero-order valence-electron chi connectivity index (χ0n) is 11.9. The second-order valence-electron chi connectivity index (χ2n) is 4.82. The van der Waals surface area contributed by atoms with Gasteiger partial charge in [0.15, 0.2) is 0 Å². The fourth-order valence-electron chi connectivity index (χ4n) is 2.11. The molecule has 1 fully saturated rings. The molecule has 6 N–H and O–H groups in total. The third-order valence-electron chi connectivity index (χ3n) is 3.11. The van der Waals surface area contributed by atoms with E-state index in [2.05, 4.69) is 11.1 Å². The molecule has 11 nitrogen and oxygen atoms in total. The van der Waals surface area contributed by atoms with Crippen molar-refractivity contribution in [3.8, 4) is 0 Å². The molecule has 0 saturated carbocycles. The number of hydrogen-bond acceptors (Lipinski definition) is 8. The molecule has 12 heteroatoms. The van der Waals surface area contributed by atoms with E-state index in [0.29, 0.717) is 0 Å². The van der Waals surface area contributed by atoms with Crippen LogP contribution in [0.5, 0.6) is 0 Å². The lowest BCUT2D eigenvalue weighted by molar-refractivity contribution is -0.319. The summed E-state index contributed by atoms with van der Waals surface area (Å²) < 4.78 is 25.5. The van der Waals surface area contributed by atoms with E-state index in [1.807, 2.05) is 0 Å². The van der Waals surface area contributed by atoms with E-state index < -0.39 is 57.0 Å². The summed E-state index contributed by atoms with van der Waals surface area (Å²) >= 11 is 0. The summed E-state index contributed by atoms with van der Waals surface area (Å²) in [4.78, 5) is 29.2. The average molecular weight is 358 g/mol. The molecular weight excluding hydrogens is 339 g/mol. The van der Waals surface area contributed by atoms with E-state index >= 15 is 0 Å². The molecule has 23 heavy (non-hydrogen) atoms. The number of phosphoric acid groups is 1. The number of carbonyl (C=O) groups is 1. The maximum atomic E-state index is 11.5. The van der Waals surface area contributed by atoms with Gasteiger partial charge in [-0.05, 0) is 0 Å². The largest absolute Gasteiger partial charge is 0.477 e. The van der Waals surface area contributed by atoms with Crippen LogP contribution in [0.2, 0.25) is 0 Å². The molecule has 134 valence electrons. The van der Waals surface area contributed by atoms with Crippen molar-refractivity contribution in [3.05, 3.63) is 12.7 Å². The molecule has 1 rings (SSSR count). The van der Waals surface area contributed by atoms with Crippen LogP contribution < -0.4 is 0 Å². The van der Waals surface area contributed by atoms with Crippen LogP contribution in [0.25, 0.3) is 0 Å². The van der Waals surface area contributed by atoms with Crippen molar-refractivity contribution in [2.75, 3.05) is 13.2 Å². The minimum Gasteiger partial charge on any atom is -0.477 e. The van der Waals surface area contributed by atoms with Gasteiger partial charge in [0.1, 0.15) is 24.4 Å². The molecular formula is C11H19O11P. The number of carboxylic acids is 1. The number of hydrogen-bond donors (Lipinski definition) is 6. The van der Waals surface area contributed by atoms with Gasteiger partial charge in [0.2, 0.25) is 0 Å². The molecule has 1 saturated heterocycles. The van der Waals surface area contributed by atoms with Crippen LogP contribution in [-0.4, -0.2) is 79.6 Å². The second-order valence-corrected chi connectivity index (χ2v) is 6.01. The Hall–Kier alpha value is -0.880. The number of aliphatic carboxylic acids is 1. The third-order valence-corrected chi connectivity index (χ3v) is 3.66. The van der Waals surface area contributed by atoms with Gasteiger partial charge in [-0.15, -0.1) is 6.58 Å². The highest BCUT2D eigenvalue weighted by Gasteiger charge is 2.56. The quantitative estimate of drug-likeness (QED) is 0.207. The van der Waals surface area contributed by atoms with E-state index in [-0.39, 0.29) is 6.61 Å². The van der Waals surface area contributed by atoms with Crippen molar-refractivity contribution in [1.82, 2.24) is 0 Å². The first kappa shape index (κ1) is 20.2. The molecule has 1 heterocycles. The van der Waals surface area contributed by atoms with E-state index in [4.69, 9.17) is 24.4 Å². The van der Waals surface area contributed by atoms with Gasteiger partial charge in [0.25, 0.3) is 5.79 Å². The fourth-order valence-corrected chi connectivity index (χ4v) is 2.66. The van der Waals surface area contributed by atoms with E-state index in [9.17, 15) is 24.7 Å². The van der Waals surface area contributed by atoms with E-state index in [1.54, 1.807) is 0 Å². The summed E-state index contributed by atoms with van der Waals surface area (Å²) in [5, 5.41) is 38.0. The minimum atomic E-state index is -5.08. The van der Waals surface area contributed by atoms with Crippen LogP contribution in [-0.2, 0) is 23.4 Å². The summed E-state index contributed by atoms with van der Waals surface area (Å²) in [6.07, 6.45) is -6.56. The first-order valence-corrected chi connectivity index (χ1v) is 7.96. The minimum absolute atomic E-state index is 0.299. The SMILES string of the molecule is C=CCO[C@@]1(C(=O)O)C[C@@H](OP(=O)(O)O)[C@@H](O)[C@@H](C(O)CO)O1. The van der Waals surface area contributed by atoms with Gasteiger partial charge in [-0.2, -0.15) is 0 Å². The smallest absolute Gasteiger partial charge is 0.469 e. The summed E-state index contributed by atoms with van der Waals surface area (Å²) in [6.45, 7) is 2.13. The van der Waals surface area contributed by atoms with Crippen molar-refractivity contribution in [3.63, 3.8) is 0 Å². The van der Waals surface area contributed by atoms with Crippen molar-refractivity contribution in [1.29, 1.82) is 0 Å². The zero-order chi connectivity index (χ0) is 17.8. The summed E-state index contributed by atoms with van der Waals surface area (Å²) in [7, 11) is -5.08. The Morgan fingerprint density at radius 2 is 2.13 bits per heavy atom. The topological polar surface area (TPSA) is 183 Å².